The normalized spacial score (nSPS) is 21.8. The maximum absolute atomic E-state index is 3.51. The molecular formula is C15H23BrN2. The van der Waals surface area contributed by atoms with Crippen LogP contribution in [-0.4, -0.2) is 30.1 Å². The molecule has 1 aromatic rings. The number of nitrogens with zero attached hydrogens (tertiary/aromatic N) is 1. The van der Waals surface area contributed by atoms with Crippen LogP contribution in [-0.2, 0) is 0 Å². The third-order valence-electron chi connectivity index (χ3n) is 3.88. The van der Waals surface area contributed by atoms with Crippen molar-refractivity contribution in [3.05, 3.63) is 34.3 Å². The van der Waals surface area contributed by atoms with E-state index in [1.54, 1.807) is 0 Å². The van der Waals surface area contributed by atoms with Gasteiger partial charge in [0.2, 0.25) is 0 Å². The molecule has 0 aliphatic carbocycles. The van der Waals surface area contributed by atoms with Crippen LogP contribution in [0.1, 0.15) is 38.8 Å². The predicted molar refractivity (Wildman–Crippen MR) is 80.8 cm³/mol. The molecule has 1 atom stereocenters. The van der Waals surface area contributed by atoms with Crippen LogP contribution in [0.2, 0.25) is 0 Å². The van der Waals surface area contributed by atoms with Crippen molar-refractivity contribution in [3.63, 3.8) is 0 Å². The van der Waals surface area contributed by atoms with Crippen molar-refractivity contribution in [2.45, 2.75) is 38.8 Å². The summed E-state index contributed by atoms with van der Waals surface area (Å²) in [7, 11) is 0. The van der Waals surface area contributed by atoms with Gasteiger partial charge in [-0.15, -0.1) is 0 Å². The van der Waals surface area contributed by atoms with Crippen LogP contribution in [0.15, 0.2) is 28.7 Å². The van der Waals surface area contributed by atoms with Crippen molar-refractivity contribution >= 4 is 15.9 Å². The Hall–Kier alpha value is -0.380. The third-order valence-corrected chi connectivity index (χ3v) is 4.41. The molecule has 0 aromatic heterocycles. The molecule has 2 rings (SSSR count). The first-order valence-corrected chi connectivity index (χ1v) is 7.57. The number of nitrogens with one attached hydrogen (secondary N) is 1. The molecule has 1 unspecified atom stereocenters. The summed E-state index contributed by atoms with van der Waals surface area (Å²) in [5.74, 6) is 0. The zero-order chi connectivity index (χ0) is 13.2. The first-order chi connectivity index (χ1) is 8.54. The van der Waals surface area contributed by atoms with Gasteiger partial charge in [-0.3, -0.25) is 4.90 Å². The van der Waals surface area contributed by atoms with Gasteiger partial charge in [0.05, 0.1) is 0 Å². The maximum atomic E-state index is 3.51. The first-order valence-electron chi connectivity index (χ1n) is 6.77. The number of rotatable bonds is 3. The Morgan fingerprint density at radius 2 is 2.00 bits per heavy atom. The van der Waals surface area contributed by atoms with Crippen molar-refractivity contribution in [2.24, 2.45) is 0 Å². The van der Waals surface area contributed by atoms with E-state index in [1.807, 2.05) is 0 Å². The lowest BCUT2D eigenvalue weighted by Crippen LogP contribution is -2.58. The van der Waals surface area contributed by atoms with Gasteiger partial charge in [0.25, 0.3) is 0 Å². The Morgan fingerprint density at radius 1 is 1.33 bits per heavy atom. The monoisotopic (exact) mass is 310 g/mol. The lowest BCUT2D eigenvalue weighted by Gasteiger charge is -2.47. The van der Waals surface area contributed by atoms with Gasteiger partial charge in [-0.25, -0.2) is 0 Å². The van der Waals surface area contributed by atoms with Gasteiger partial charge in [-0.05, 0) is 38.0 Å². The summed E-state index contributed by atoms with van der Waals surface area (Å²) in [4.78, 5) is 2.65. The second-order valence-electron chi connectivity index (χ2n) is 5.66. The number of benzene rings is 1. The Bertz CT molecular complexity index is 386. The smallest absolute Gasteiger partial charge is 0.0351 e. The van der Waals surface area contributed by atoms with E-state index in [0.29, 0.717) is 6.04 Å². The van der Waals surface area contributed by atoms with E-state index in [1.165, 1.54) is 5.56 Å². The van der Waals surface area contributed by atoms with Crippen molar-refractivity contribution in [2.75, 3.05) is 19.6 Å². The Labute approximate surface area is 119 Å². The van der Waals surface area contributed by atoms with Gasteiger partial charge in [0.15, 0.2) is 0 Å². The summed E-state index contributed by atoms with van der Waals surface area (Å²) in [5.41, 5.74) is 1.65. The van der Waals surface area contributed by atoms with Crippen LogP contribution < -0.4 is 5.32 Å². The van der Waals surface area contributed by atoms with Crippen LogP contribution in [0.4, 0.5) is 0 Å². The molecule has 100 valence electrons. The van der Waals surface area contributed by atoms with Gasteiger partial charge in [-0.1, -0.05) is 35.0 Å². The fourth-order valence-corrected chi connectivity index (χ4v) is 3.16. The second kappa shape index (κ2) is 5.72. The molecule has 2 nitrogen and oxygen atoms in total. The first kappa shape index (κ1) is 14.0. The molecule has 1 fully saturated rings. The van der Waals surface area contributed by atoms with Crippen LogP contribution in [0.5, 0.6) is 0 Å². The Balaban J connectivity index is 2.24. The quantitative estimate of drug-likeness (QED) is 0.918. The summed E-state index contributed by atoms with van der Waals surface area (Å²) in [6.07, 6.45) is 1.16. The Morgan fingerprint density at radius 3 is 2.56 bits per heavy atom. The Kier molecular flexibility index (Phi) is 4.46. The molecule has 1 aliphatic heterocycles. The zero-order valence-corrected chi connectivity index (χ0v) is 13.1. The van der Waals surface area contributed by atoms with Crippen LogP contribution in [0.3, 0.4) is 0 Å². The number of hydrogen-bond donors (Lipinski definition) is 1. The molecule has 0 radical (unpaired) electrons. The molecule has 0 spiro atoms. The topological polar surface area (TPSA) is 15.3 Å². The van der Waals surface area contributed by atoms with Crippen LogP contribution >= 0.6 is 15.9 Å². The van der Waals surface area contributed by atoms with E-state index >= 15 is 0 Å². The molecule has 1 saturated heterocycles. The van der Waals surface area contributed by atoms with Gasteiger partial charge in [0, 0.05) is 35.7 Å². The molecular weight excluding hydrogens is 288 g/mol. The van der Waals surface area contributed by atoms with Crippen molar-refractivity contribution in [1.29, 1.82) is 0 Å². The van der Waals surface area contributed by atoms with Gasteiger partial charge in [-0.2, -0.15) is 0 Å². The molecule has 0 amide bonds. The third kappa shape index (κ3) is 2.95. The van der Waals surface area contributed by atoms with Crippen LogP contribution in [0.25, 0.3) is 0 Å². The minimum Gasteiger partial charge on any atom is -0.314 e. The van der Waals surface area contributed by atoms with E-state index < -0.39 is 0 Å². The van der Waals surface area contributed by atoms with E-state index in [-0.39, 0.29) is 5.54 Å². The van der Waals surface area contributed by atoms with E-state index in [9.17, 15) is 0 Å². The van der Waals surface area contributed by atoms with Crippen molar-refractivity contribution < 1.29 is 0 Å². The molecule has 3 heteroatoms. The average Bonchev–Trinajstić information content (AvgIpc) is 2.34. The van der Waals surface area contributed by atoms with E-state index in [2.05, 4.69) is 71.2 Å². The highest BCUT2D eigenvalue weighted by Crippen LogP contribution is 2.32. The molecule has 0 bridgehead atoms. The largest absolute Gasteiger partial charge is 0.314 e. The average molecular weight is 311 g/mol. The van der Waals surface area contributed by atoms with Crippen LogP contribution in [0, 0.1) is 0 Å². The minimum atomic E-state index is 0.228. The predicted octanol–water partition coefficient (Wildman–Crippen LogP) is 3.58. The summed E-state index contributed by atoms with van der Waals surface area (Å²) in [5, 5.41) is 3.50. The molecule has 1 aliphatic rings. The number of piperazine rings is 1. The molecule has 1 N–H and O–H groups in total. The summed E-state index contributed by atoms with van der Waals surface area (Å²) >= 11 is 3.51. The maximum Gasteiger partial charge on any atom is 0.0351 e. The lowest BCUT2D eigenvalue weighted by molar-refractivity contribution is 0.0422. The van der Waals surface area contributed by atoms with Gasteiger partial charge >= 0.3 is 0 Å². The summed E-state index contributed by atoms with van der Waals surface area (Å²) in [6.45, 7) is 10.2. The van der Waals surface area contributed by atoms with E-state index in [4.69, 9.17) is 0 Å². The number of halogens is 1. The molecule has 1 aromatic carbocycles. The second-order valence-corrected chi connectivity index (χ2v) is 6.57. The van der Waals surface area contributed by atoms with Gasteiger partial charge in [0.1, 0.15) is 0 Å². The fourth-order valence-electron chi connectivity index (χ4n) is 2.90. The van der Waals surface area contributed by atoms with Gasteiger partial charge < -0.3 is 5.32 Å². The van der Waals surface area contributed by atoms with E-state index in [0.717, 1.165) is 30.5 Å². The summed E-state index contributed by atoms with van der Waals surface area (Å²) in [6, 6.07) is 9.31. The lowest BCUT2D eigenvalue weighted by atomic mass is 9.93. The molecule has 0 saturated carbocycles. The fraction of sp³-hybridized carbons (Fsp3) is 0.600. The standard InChI is InChI=1S/C15H23BrN2/c1-4-14(12-5-7-13(16)8-6-12)18-10-9-17-11-15(18,2)3/h5-8,14,17H,4,9-11H2,1-3H3. The highest BCUT2D eigenvalue weighted by atomic mass is 79.9. The van der Waals surface area contributed by atoms with Crippen molar-refractivity contribution in [3.8, 4) is 0 Å². The SMILES string of the molecule is CCC(c1ccc(Br)cc1)N1CCNCC1(C)C. The molecule has 18 heavy (non-hydrogen) atoms. The highest BCUT2D eigenvalue weighted by molar-refractivity contribution is 9.10. The number of hydrogen-bond acceptors (Lipinski definition) is 2. The summed E-state index contributed by atoms with van der Waals surface area (Å²) < 4.78 is 1.15. The minimum absolute atomic E-state index is 0.228. The molecule has 1 heterocycles. The zero-order valence-electron chi connectivity index (χ0n) is 11.5. The highest BCUT2D eigenvalue weighted by Gasteiger charge is 2.34. The van der Waals surface area contributed by atoms with Crippen molar-refractivity contribution in [1.82, 2.24) is 10.2 Å².